The molecule has 0 saturated heterocycles. The molecule has 1 aromatic rings. The van der Waals surface area contributed by atoms with E-state index in [0.29, 0.717) is 12.2 Å². The summed E-state index contributed by atoms with van der Waals surface area (Å²) in [5.41, 5.74) is 4.39. The van der Waals surface area contributed by atoms with Crippen LogP contribution in [0.5, 0.6) is 0 Å². The average Bonchev–Trinajstić information content (AvgIpc) is 2.24. The first kappa shape index (κ1) is 13.4. The number of ketones is 1. The Hall–Kier alpha value is -0.680. The van der Waals surface area contributed by atoms with Crippen LogP contribution in [0.15, 0.2) is 12.1 Å². The number of unbranched alkanes of at least 4 members (excludes halogenated alkanes) is 1. The Bertz CT molecular complexity index is 383. The summed E-state index contributed by atoms with van der Waals surface area (Å²) in [5, 5.41) is 0. The summed E-state index contributed by atoms with van der Waals surface area (Å²) < 4.78 is 0. The molecule has 16 heavy (non-hydrogen) atoms. The second kappa shape index (κ2) is 6.15. The molecule has 0 bridgehead atoms. The summed E-state index contributed by atoms with van der Waals surface area (Å²) in [4.78, 5) is 12.1. The van der Waals surface area contributed by atoms with Crippen LogP contribution in [-0.2, 0) is 0 Å². The maximum absolute atomic E-state index is 12.1. The molecule has 0 heterocycles. The molecule has 0 aromatic heterocycles. The number of Topliss-reactive ketones (excluding diaryl/α,β-unsaturated/α-hetero) is 1. The molecule has 1 aromatic carbocycles. The zero-order valence-electron chi connectivity index (χ0n) is 10.4. The molecule has 0 atom stereocenters. The standard InChI is InChI=1S/C14H20OP/c1-10-7-8-11(2)14(12(10)3)13(15)6-4-5-9-16/h7-8,16H,4-6,9H2,1-3H3/q-1. The van der Waals surface area contributed by atoms with Crippen molar-refractivity contribution in [2.75, 3.05) is 6.16 Å². The van der Waals surface area contributed by atoms with E-state index in [9.17, 15) is 4.79 Å². The van der Waals surface area contributed by atoms with Gasteiger partial charge < -0.3 is 9.24 Å². The van der Waals surface area contributed by atoms with Gasteiger partial charge in [0.1, 0.15) is 0 Å². The molecule has 0 saturated carbocycles. The topological polar surface area (TPSA) is 17.1 Å². The molecular formula is C14H20OP-. The van der Waals surface area contributed by atoms with Gasteiger partial charge in [-0.1, -0.05) is 18.6 Å². The van der Waals surface area contributed by atoms with Crippen molar-refractivity contribution < 1.29 is 4.79 Å². The van der Waals surface area contributed by atoms with Gasteiger partial charge in [-0.15, -0.1) is 0 Å². The highest BCUT2D eigenvalue weighted by Crippen LogP contribution is 2.20. The Morgan fingerprint density at radius 3 is 2.38 bits per heavy atom. The lowest BCUT2D eigenvalue weighted by Crippen LogP contribution is -2.06. The molecule has 1 rings (SSSR count). The van der Waals surface area contributed by atoms with Crippen LogP contribution in [0.25, 0.3) is 0 Å². The fraction of sp³-hybridized carbons (Fsp3) is 0.500. The Kier molecular flexibility index (Phi) is 5.15. The third-order valence-corrected chi connectivity index (χ3v) is 3.41. The maximum atomic E-state index is 12.1. The normalized spacial score (nSPS) is 10.5. The number of hydrogen-bond donors (Lipinski definition) is 0. The van der Waals surface area contributed by atoms with Crippen molar-refractivity contribution >= 4 is 15.0 Å². The van der Waals surface area contributed by atoms with E-state index >= 15 is 0 Å². The molecule has 0 spiro atoms. The Morgan fingerprint density at radius 2 is 1.75 bits per heavy atom. The molecular weight excluding hydrogens is 215 g/mol. The molecule has 1 nitrogen and oxygen atoms in total. The first-order valence-corrected chi connectivity index (χ1v) is 6.53. The largest absolute Gasteiger partial charge is 0.558 e. The van der Waals surface area contributed by atoms with E-state index in [0.717, 1.165) is 35.7 Å². The van der Waals surface area contributed by atoms with Crippen LogP contribution in [0.1, 0.15) is 46.3 Å². The van der Waals surface area contributed by atoms with Gasteiger partial charge in [-0.2, -0.15) is 6.16 Å². The lowest BCUT2D eigenvalue weighted by atomic mass is 9.93. The summed E-state index contributed by atoms with van der Waals surface area (Å²) in [6, 6.07) is 4.12. The minimum Gasteiger partial charge on any atom is -0.558 e. The van der Waals surface area contributed by atoms with E-state index in [1.54, 1.807) is 0 Å². The van der Waals surface area contributed by atoms with Crippen LogP contribution >= 0.6 is 9.24 Å². The molecule has 0 fully saturated rings. The van der Waals surface area contributed by atoms with Gasteiger partial charge in [-0.05, 0) is 43.9 Å². The third kappa shape index (κ3) is 3.15. The van der Waals surface area contributed by atoms with Gasteiger partial charge in [-0.3, -0.25) is 4.79 Å². The van der Waals surface area contributed by atoms with E-state index in [1.165, 1.54) is 5.56 Å². The Labute approximate surface area is 101 Å². The highest BCUT2D eigenvalue weighted by molar-refractivity contribution is 7.16. The highest BCUT2D eigenvalue weighted by atomic mass is 31.0. The smallest absolute Gasteiger partial charge is 0.163 e. The summed E-state index contributed by atoms with van der Waals surface area (Å²) in [5.74, 6) is 0.291. The van der Waals surface area contributed by atoms with Crippen LogP contribution in [0.2, 0.25) is 0 Å². The van der Waals surface area contributed by atoms with Gasteiger partial charge in [0.15, 0.2) is 5.78 Å². The van der Waals surface area contributed by atoms with Crippen LogP contribution in [0.3, 0.4) is 0 Å². The monoisotopic (exact) mass is 235 g/mol. The zero-order valence-corrected chi connectivity index (χ0v) is 11.4. The van der Waals surface area contributed by atoms with Crippen molar-refractivity contribution in [1.82, 2.24) is 0 Å². The van der Waals surface area contributed by atoms with Gasteiger partial charge in [0.25, 0.3) is 0 Å². The van der Waals surface area contributed by atoms with Crippen molar-refractivity contribution in [2.45, 2.75) is 40.0 Å². The minimum absolute atomic E-state index is 0.291. The van der Waals surface area contributed by atoms with E-state index in [2.05, 4.69) is 22.2 Å². The van der Waals surface area contributed by atoms with Crippen molar-refractivity contribution in [1.29, 1.82) is 0 Å². The fourth-order valence-electron chi connectivity index (χ4n) is 1.92. The lowest BCUT2D eigenvalue weighted by Gasteiger charge is -2.11. The van der Waals surface area contributed by atoms with E-state index < -0.39 is 0 Å². The van der Waals surface area contributed by atoms with Gasteiger partial charge in [0.2, 0.25) is 0 Å². The van der Waals surface area contributed by atoms with Gasteiger partial charge >= 0.3 is 0 Å². The third-order valence-electron chi connectivity index (χ3n) is 3.05. The molecule has 2 heteroatoms. The van der Waals surface area contributed by atoms with Crippen molar-refractivity contribution in [2.24, 2.45) is 0 Å². The summed E-state index contributed by atoms with van der Waals surface area (Å²) in [6.45, 7) is 6.12. The summed E-state index contributed by atoms with van der Waals surface area (Å²) >= 11 is 0. The number of aryl methyl sites for hydroxylation is 2. The zero-order chi connectivity index (χ0) is 12.1. The van der Waals surface area contributed by atoms with E-state index in [4.69, 9.17) is 0 Å². The Balaban J connectivity index is 2.86. The second-order valence-corrected chi connectivity index (χ2v) is 4.83. The first-order valence-electron chi connectivity index (χ1n) is 5.82. The second-order valence-electron chi connectivity index (χ2n) is 4.33. The number of hydrogen-bond acceptors (Lipinski definition) is 1. The molecule has 0 unspecified atom stereocenters. The van der Waals surface area contributed by atoms with Crippen LogP contribution in [0.4, 0.5) is 0 Å². The molecule has 0 aliphatic heterocycles. The van der Waals surface area contributed by atoms with Crippen LogP contribution in [0, 0.1) is 20.8 Å². The van der Waals surface area contributed by atoms with Gasteiger partial charge in [0, 0.05) is 12.0 Å². The van der Waals surface area contributed by atoms with Crippen molar-refractivity contribution in [3.63, 3.8) is 0 Å². The van der Waals surface area contributed by atoms with Gasteiger partial charge in [-0.25, -0.2) is 0 Å². The first-order chi connectivity index (χ1) is 7.57. The lowest BCUT2D eigenvalue weighted by molar-refractivity contribution is 0.0978. The number of carbonyl (C=O) groups excluding carboxylic acids is 1. The van der Waals surface area contributed by atoms with Crippen molar-refractivity contribution in [3.05, 3.63) is 34.4 Å². The minimum atomic E-state index is 0.291. The quantitative estimate of drug-likeness (QED) is 0.426. The molecule has 0 aliphatic carbocycles. The molecule has 0 N–H and O–H groups in total. The molecule has 0 amide bonds. The number of rotatable bonds is 5. The van der Waals surface area contributed by atoms with E-state index in [1.807, 2.05) is 19.9 Å². The highest BCUT2D eigenvalue weighted by Gasteiger charge is 2.12. The SMILES string of the molecule is Cc1ccc(C)c(C(=O)CCCC[PH-])c1C. The average molecular weight is 235 g/mol. The van der Waals surface area contributed by atoms with Crippen LogP contribution < -0.4 is 0 Å². The van der Waals surface area contributed by atoms with Gasteiger partial charge in [0.05, 0.1) is 0 Å². The maximum Gasteiger partial charge on any atom is 0.163 e. The molecule has 88 valence electrons. The predicted octanol–water partition coefficient (Wildman–Crippen LogP) is 4.11. The number of benzene rings is 1. The molecule has 0 aliphatic rings. The molecule has 0 radical (unpaired) electrons. The van der Waals surface area contributed by atoms with Crippen LogP contribution in [-0.4, -0.2) is 11.9 Å². The summed E-state index contributed by atoms with van der Waals surface area (Å²) in [6.07, 6.45) is 3.66. The summed E-state index contributed by atoms with van der Waals surface area (Å²) in [7, 11) is 3.43. The Morgan fingerprint density at radius 1 is 1.12 bits per heavy atom. The predicted molar refractivity (Wildman–Crippen MR) is 72.0 cm³/mol. The number of carbonyl (C=O) groups is 1. The van der Waals surface area contributed by atoms with Crippen molar-refractivity contribution in [3.8, 4) is 0 Å². The van der Waals surface area contributed by atoms with E-state index in [-0.39, 0.29) is 0 Å². The fourth-order valence-corrected chi connectivity index (χ4v) is 2.17.